The van der Waals surface area contributed by atoms with Crippen molar-refractivity contribution in [3.63, 3.8) is 0 Å². The van der Waals surface area contributed by atoms with Gasteiger partial charge in [-0.25, -0.2) is 9.67 Å². The highest BCUT2D eigenvalue weighted by molar-refractivity contribution is 5.12. The average Bonchev–Trinajstić information content (AvgIpc) is 3.06. The van der Waals surface area contributed by atoms with Crippen molar-refractivity contribution in [2.45, 2.75) is 31.5 Å². The summed E-state index contributed by atoms with van der Waals surface area (Å²) in [4.78, 5) is 5.97. The smallest absolute Gasteiger partial charge is 0.337 e. The molecule has 0 radical (unpaired) electrons. The van der Waals surface area contributed by atoms with Crippen LogP contribution in [0.4, 0.5) is 13.2 Å². The number of imidazole rings is 1. The third-order valence-electron chi connectivity index (χ3n) is 4.15. The van der Waals surface area contributed by atoms with Gasteiger partial charge in [-0.2, -0.15) is 13.2 Å². The first kappa shape index (κ1) is 15.9. The van der Waals surface area contributed by atoms with Crippen LogP contribution < -0.4 is 0 Å². The number of alkyl halides is 3. The molecule has 1 fully saturated rings. The number of nitrogens with zero attached hydrogens (tertiary/aromatic N) is 7. The summed E-state index contributed by atoms with van der Waals surface area (Å²) in [6.45, 7) is 2.10. The quantitative estimate of drug-likeness (QED) is 0.850. The van der Waals surface area contributed by atoms with Gasteiger partial charge in [-0.05, 0) is 29.8 Å². The first-order chi connectivity index (χ1) is 10.8. The number of aromatic nitrogens is 6. The molecular formula is C13H18F3N7. The SMILES string of the molecule is Cn1cc(C(F)(F)F)nc1[C@@H]1CCCN(Cc2nnnn2C)C1. The van der Waals surface area contributed by atoms with Crippen LogP contribution in [0.25, 0.3) is 0 Å². The van der Waals surface area contributed by atoms with E-state index in [-0.39, 0.29) is 5.92 Å². The number of halogens is 3. The molecule has 1 atom stereocenters. The lowest BCUT2D eigenvalue weighted by Crippen LogP contribution is -2.35. The largest absolute Gasteiger partial charge is 0.434 e. The Bertz CT molecular complexity index is 675. The lowest BCUT2D eigenvalue weighted by Gasteiger charge is -2.31. The predicted octanol–water partition coefficient (Wildman–Crippen LogP) is 1.34. The molecule has 0 unspecified atom stereocenters. The standard InChI is InChI=1S/C13H18F3N7/c1-21-7-10(13(14,15)16)17-12(21)9-4-3-5-23(6-9)8-11-18-19-20-22(11)2/h7,9H,3-6,8H2,1-2H3/t9-/m1/s1. The summed E-state index contributed by atoms with van der Waals surface area (Å²) in [5.74, 6) is 1.20. The Morgan fingerprint density at radius 3 is 2.70 bits per heavy atom. The molecule has 0 spiro atoms. The van der Waals surface area contributed by atoms with Crippen LogP contribution in [0.15, 0.2) is 6.20 Å². The van der Waals surface area contributed by atoms with Gasteiger partial charge in [0.1, 0.15) is 5.82 Å². The molecule has 0 bridgehead atoms. The van der Waals surface area contributed by atoms with Crippen LogP contribution in [-0.4, -0.2) is 47.7 Å². The number of hydrogen-bond donors (Lipinski definition) is 0. The molecule has 0 amide bonds. The molecule has 0 N–H and O–H groups in total. The summed E-state index contributed by atoms with van der Waals surface area (Å²) in [7, 11) is 3.38. The minimum absolute atomic E-state index is 0.0222. The van der Waals surface area contributed by atoms with Gasteiger partial charge in [0.05, 0.1) is 6.54 Å². The van der Waals surface area contributed by atoms with E-state index < -0.39 is 11.9 Å². The summed E-state index contributed by atoms with van der Waals surface area (Å²) in [6, 6.07) is 0. The van der Waals surface area contributed by atoms with E-state index in [9.17, 15) is 13.2 Å². The third kappa shape index (κ3) is 3.36. The maximum Gasteiger partial charge on any atom is 0.434 e. The van der Waals surface area contributed by atoms with Crippen molar-refractivity contribution >= 4 is 0 Å². The molecular weight excluding hydrogens is 311 g/mol. The fraction of sp³-hybridized carbons (Fsp3) is 0.692. The van der Waals surface area contributed by atoms with Gasteiger partial charge in [-0.1, -0.05) is 0 Å². The van der Waals surface area contributed by atoms with Gasteiger partial charge in [0, 0.05) is 32.8 Å². The number of rotatable bonds is 3. The highest BCUT2D eigenvalue weighted by Gasteiger charge is 2.36. The van der Waals surface area contributed by atoms with Crippen LogP contribution >= 0.6 is 0 Å². The zero-order valence-corrected chi connectivity index (χ0v) is 13.0. The second-order valence-electron chi connectivity index (χ2n) is 5.89. The Hall–Kier alpha value is -1.97. The van der Waals surface area contributed by atoms with Crippen molar-refractivity contribution in [3.8, 4) is 0 Å². The molecule has 10 heteroatoms. The average molecular weight is 329 g/mol. The third-order valence-corrected chi connectivity index (χ3v) is 4.15. The van der Waals surface area contributed by atoms with Crippen molar-refractivity contribution in [2.75, 3.05) is 13.1 Å². The van der Waals surface area contributed by atoms with Crippen LogP contribution in [0.5, 0.6) is 0 Å². The summed E-state index contributed by atoms with van der Waals surface area (Å²) in [6.07, 6.45) is -1.62. The van der Waals surface area contributed by atoms with Gasteiger partial charge >= 0.3 is 6.18 Å². The Labute approximate surface area is 131 Å². The van der Waals surface area contributed by atoms with Crippen LogP contribution in [-0.2, 0) is 26.8 Å². The van der Waals surface area contributed by atoms with Crippen LogP contribution in [0, 0.1) is 0 Å². The zero-order valence-electron chi connectivity index (χ0n) is 13.0. The fourth-order valence-corrected chi connectivity index (χ4v) is 2.99. The van der Waals surface area contributed by atoms with Gasteiger partial charge in [-0.3, -0.25) is 4.90 Å². The summed E-state index contributed by atoms with van der Waals surface area (Å²) >= 11 is 0. The van der Waals surface area contributed by atoms with Crippen molar-refractivity contribution in [3.05, 3.63) is 23.5 Å². The fourth-order valence-electron chi connectivity index (χ4n) is 2.99. The molecule has 2 aromatic heterocycles. The Balaban J connectivity index is 1.74. The molecule has 0 aromatic carbocycles. The van der Waals surface area contributed by atoms with Gasteiger partial charge in [0.25, 0.3) is 0 Å². The Morgan fingerprint density at radius 2 is 2.09 bits per heavy atom. The van der Waals surface area contributed by atoms with Gasteiger partial charge in [-0.15, -0.1) is 5.10 Å². The Morgan fingerprint density at radius 1 is 1.30 bits per heavy atom. The minimum atomic E-state index is -4.41. The van der Waals surface area contributed by atoms with E-state index in [0.717, 1.165) is 31.4 Å². The molecule has 1 aliphatic rings. The number of likely N-dealkylation sites (tertiary alicyclic amines) is 1. The molecule has 126 valence electrons. The highest BCUT2D eigenvalue weighted by Crippen LogP contribution is 2.32. The van der Waals surface area contributed by atoms with Crippen molar-refractivity contribution in [1.29, 1.82) is 0 Å². The lowest BCUT2D eigenvalue weighted by molar-refractivity contribution is -0.141. The molecule has 3 heterocycles. The Kier molecular flexibility index (Phi) is 4.09. The molecule has 23 heavy (non-hydrogen) atoms. The van der Waals surface area contributed by atoms with Crippen LogP contribution in [0.2, 0.25) is 0 Å². The number of hydrogen-bond acceptors (Lipinski definition) is 5. The van der Waals surface area contributed by atoms with E-state index >= 15 is 0 Å². The predicted molar refractivity (Wildman–Crippen MR) is 74.3 cm³/mol. The number of tetrazole rings is 1. The molecule has 7 nitrogen and oxygen atoms in total. The summed E-state index contributed by atoms with van der Waals surface area (Å²) in [5, 5.41) is 11.3. The van der Waals surface area contributed by atoms with Crippen LogP contribution in [0.1, 0.15) is 36.1 Å². The van der Waals surface area contributed by atoms with E-state index in [1.165, 1.54) is 4.57 Å². The molecule has 1 aliphatic heterocycles. The second-order valence-corrected chi connectivity index (χ2v) is 5.89. The van der Waals surface area contributed by atoms with Gasteiger partial charge in [0.15, 0.2) is 11.5 Å². The molecule has 3 rings (SSSR count). The van der Waals surface area contributed by atoms with E-state index in [4.69, 9.17) is 0 Å². The first-order valence-corrected chi connectivity index (χ1v) is 7.38. The van der Waals surface area contributed by atoms with E-state index in [1.54, 1.807) is 18.8 Å². The van der Waals surface area contributed by atoms with E-state index in [1.807, 2.05) is 0 Å². The van der Waals surface area contributed by atoms with Crippen molar-refractivity contribution < 1.29 is 13.2 Å². The van der Waals surface area contributed by atoms with Crippen molar-refractivity contribution in [2.24, 2.45) is 14.1 Å². The van der Waals surface area contributed by atoms with E-state index in [2.05, 4.69) is 25.4 Å². The second kappa shape index (κ2) is 5.91. The van der Waals surface area contributed by atoms with E-state index in [0.29, 0.717) is 18.9 Å². The first-order valence-electron chi connectivity index (χ1n) is 7.38. The van der Waals surface area contributed by atoms with Gasteiger partial charge in [0.2, 0.25) is 0 Å². The normalized spacial score (nSPS) is 20.1. The van der Waals surface area contributed by atoms with Crippen LogP contribution in [0.3, 0.4) is 0 Å². The molecule has 0 aliphatic carbocycles. The maximum atomic E-state index is 12.8. The summed E-state index contributed by atoms with van der Waals surface area (Å²) in [5.41, 5.74) is -0.829. The lowest BCUT2D eigenvalue weighted by atomic mass is 9.97. The maximum absolute atomic E-state index is 12.8. The minimum Gasteiger partial charge on any atom is -0.337 e. The number of aryl methyl sites for hydroxylation is 2. The van der Waals surface area contributed by atoms with Gasteiger partial charge < -0.3 is 4.57 Å². The van der Waals surface area contributed by atoms with Crippen molar-refractivity contribution in [1.82, 2.24) is 34.7 Å². The molecule has 0 saturated carbocycles. The zero-order chi connectivity index (χ0) is 16.6. The highest BCUT2D eigenvalue weighted by atomic mass is 19.4. The molecule has 2 aromatic rings. The number of piperidine rings is 1. The molecule has 1 saturated heterocycles. The summed E-state index contributed by atoms with van der Waals surface area (Å²) < 4.78 is 41.5. The topological polar surface area (TPSA) is 64.7 Å². The monoisotopic (exact) mass is 329 g/mol.